The van der Waals surface area contributed by atoms with E-state index >= 15 is 0 Å². The first kappa shape index (κ1) is 20.6. The van der Waals surface area contributed by atoms with Gasteiger partial charge in [-0.2, -0.15) is 9.50 Å². The van der Waals surface area contributed by atoms with Crippen LogP contribution in [0.1, 0.15) is 38.2 Å². The number of fused-ring (bicyclic) bond motifs is 1. The number of methoxy groups -OCH3 is 1. The quantitative estimate of drug-likeness (QED) is 0.360. The molecule has 4 rings (SSSR count). The predicted molar refractivity (Wildman–Crippen MR) is 122 cm³/mol. The fraction of sp³-hybridized carbons (Fsp3) is 0.318. The van der Waals surface area contributed by atoms with E-state index in [1.807, 2.05) is 41.8 Å². The third-order valence-corrected chi connectivity index (χ3v) is 6.49. The smallest absolute Gasteiger partial charge is 0.291 e. The van der Waals surface area contributed by atoms with Gasteiger partial charge in [-0.25, -0.2) is 0 Å². The number of hydrogen-bond donors (Lipinski definition) is 0. The van der Waals surface area contributed by atoms with Crippen LogP contribution in [0.3, 0.4) is 0 Å². The second-order valence-electron chi connectivity index (χ2n) is 6.84. The molecule has 0 fully saturated rings. The van der Waals surface area contributed by atoms with Gasteiger partial charge in [-0.05, 0) is 41.6 Å². The van der Waals surface area contributed by atoms with Crippen LogP contribution in [0.2, 0.25) is 0 Å². The minimum absolute atomic E-state index is 0.166. The summed E-state index contributed by atoms with van der Waals surface area (Å²) in [6.07, 6.45) is 6.45. The number of aromatic nitrogens is 3. The Morgan fingerprint density at radius 1 is 1.17 bits per heavy atom. The van der Waals surface area contributed by atoms with Crippen molar-refractivity contribution in [2.24, 2.45) is 0 Å². The maximum absolute atomic E-state index is 12.8. The fourth-order valence-electron chi connectivity index (χ4n) is 3.10. The Morgan fingerprint density at radius 2 is 2.07 bits per heavy atom. The highest BCUT2D eigenvalue weighted by molar-refractivity contribution is 7.15. The molecule has 0 saturated carbocycles. The van der Waals surface area contributed by atoms with E-state index in [2.05, 4.69) is 17.0 Å². The van der Waals surface area contributed by atoms with Crippen LogP contribution in [0.4, 0.5) is 0 Å². The zero-order chi connectivity index (χ0) is 20.9. The molecule has 0 unspecified atom stereocenters. The molecule has 3 aromatic heterocycles. The van der Waals surface area contributed by atoms with Crippen LogP contribution in [-0.2, 0) is 0 Å². The van der Waals surface area contributed by atoms with Gasteiger partial charge in [-0.3, -0.25) is 4.79 Å². The van der Waals surface area contributed by atoms with Crippen LogP contribution in [0.25, 0.3) is 21.7 Å². The van der Waals surface area contributed by atoms with E-state index in [1.54, 1.807) is 18.4 Å². The third-order valence-electron chi connectivity index (χ3n) is 4.66. The van der Waals surface area contributed by atoms with Crippen molar-refractivity contribution in [3.63, 3.8) is 0 Å². The molecular weight excluding hydrogens is 418 g/mol. The van der Waals surface area contributed by atoms with Gasteiger partial charge in [0.25, 0.3) is 5.56 Å². The summed E-state index contributed by atoms with van der Waals surface area (Å²) in [7, 11) is 1.62. The second kappa shape index (κ2) is 9.40. The van der Waals surface area contributed by atoms with E-state index < -0.39 is 0 Å². The molecule has 156 valence electrons. The molecule has 0 aliphatic carbocycles. The molecule has 30 heavy (non-hydrogen) atoms. The largest absolute Gasteiger partial charge is 0.493 e. The van der Waals surface area contributed by atoms with Crippen molar-refractivity contribution < 1.29 is 9.47 Å². The fourth-order valence-corrected chi connectivity index (χ4v) is 4.66. The topological polar surface area (TPSA) is 65.7 Å². The lowest BCUT2D eigenvalue weighted by Gasteiger charge is -2.11. The van der Waals surface area contributed by atoms with Crippen molar-refractivity contribution in [2.75, 3.05) is 13.7 Å². The first-order valence-corrected chi connectivity index (χ1v) is 11.6. The Hall–Kier alpha value is -2.71. The van der Waals surface area contributed by atoms with Crippen LogP contribution in [0, 0.1) is 0 Å². The van der Waals surface area contributed by atoms with E-state index in [9.17, 15) is 4.79 Å². The van der Waals surface area contributed by atoms with Crippen LogP contribution >= 0.6 is 22.7 Å². The lowest BCUT2D eigenvalue weighted by molar-refractivity contribution is 0.285. The molecule has 8 heteroatoms. The Balaban J connectivity index is 1.56. The molecule has 0 aliphatic rings. The summed E-state index contributed by atoms with van der Waals surface area (Å²) in [5.41, 5.74) is 0.700. The average Bonchev–Trinajstić information content (AvgIpc) is 3.48. The van der Waals surface area contributed by atoms with Crippen molar-refractivity contribution >= 4 is 33.7 Å². The molecule has 0 atom stereocenters. The Bertz CT molecular complexity index is 1230. The van der Waals surface area contributed by atoms with Gasteiger partial charge in [0.2, 0.25) is 4.96 Å². The Kier molecular flexibility index (Phi) is 6.44. The van der Waals surface area contributed by atoms with Gasteiger partial charge in [-0.15, -0.1) is 16.4 Å². The van der Waals surface area contributed by atoms with Gasteiger partial charge in [-0.1, -0.05) is 49.7 Å². The summed E-state index contributed by atoms with van der Waals surface area (Å²) in [4.78, 5) is 18.8. The molecular formula is C22H23N3O3S2. The number of thiazole rings is 1. The summed E-state index contributed by atoms with van der Waals surface area (Å²) in [6, 6.07) is 9.59. The van der Waals surface area contributed by atoms with Gasteiger partial charge in [0, 0.05) is 0 Å². The van der Waals surface area contributed by atoms with E-state index in [4.69, 9.17) is 9.47 Å². The predicted octanol–water partition coefficient (Wildman–Crippen LogP) is 4.39. The molecule has 6 nitrogen and oxygen atoms in total. The molecule has 0 spiro atoms. The zero-order valence-electron chi connectivity index (χ0n) is 17.0. The number of benzene rings is 1. The standard InChI is InChI=1S/C22H23N3O3S2/c1-3-4-5-6-11-28-16-10-9-15(13-17(16)27-2)14-19-21(26)25-22(30-19)23-20(24-25)18-8-7-12-29-18/h7-10,12-14H,3-6,11H2,1-2H3. The molecule has 4 aromatic rings. The summed E-state index contributed by atoms with van der Waals surface area (Å²) < 4.78 is 13.3. The number of unbranched alkanes of at least 4 members (excludes halogenated alkanes) is 3. The lowest BCUT2D eigenvalue weighted by atomic mass is 10.2. The zero-order valence-corrected chi connectivity index (χ0v) is 18.6. The summed E-state index contributed by atoms with van der Waals surface area (Å²) in [5.74, 6) is 1.96. The highest BCUT2D eigenvalue weighted by Crippen LogP contribution is 2.28. The first-order chi connectivity index (χ1) is 14.7. The molecule has 0 amide bonds. The molecule has 3 heterocycles. The number of ether oxygens (including phenoxy) is 2. The normalized spacial score (nSPS) is 12.0. The van der Waals surface area contributed by atoms with Gasteiger partial charge in [0.05, 0.1) is 23.1 Å². The summed E-state index contributed by atoms with van der Waals surface area (Å²) >= 11 is 2.88. The monoisotopic (exact) mass is 441 g/mol. The lowest BCUT2D eigenvalue weighted by Crippen LogP contribution is -2.23. The Labute approximate surface area is 182 Å². The maximum Gasteiger partial charge on any atom is 0.291 e. The summed E-state index contributed by atoms with van der Waals surface area (Å²) in [6.45, 7) is 2.86. The van der Waals surface area contributed by atoms with Gasteiger partial charge in [0.1, 0.15) is 0 Å². The van der Waals surface area contributed by atoms with Crippen molar-refractivity contribution in [3.05, 3.63) is 56.2 Å². The highest BCUT2D eigenvalue weighted by atomic mass is 32.1. The van der Waals surface area contributed by atoms with Gasteiger partial charge < -0.3 is 9.47 Å². The van der Waals surface area contributed by atoms with Crippen LogP contribution in [0.5, 0.6) is 11.5 Å². The van der Waals surface area contributed by atoms with Gasteiger partial charge >= 0.3 is 0 Å². The SMILES string of the molecule is CCCCCCOc1ccc(C=c2sc3nc(-c4cccs4)nn3c2=O)cc1OC. The molecule has 1 aromatic carbocycles. The van der Waals surface area contributed by atoms with Crippen molar-refractivity contribution in [3.8, 4) is 22.2 Å². The van der Waals surface area contributed by atoms with E-state index in [-0.39, 0.29) is 5.56 Å². The number of nitrogens with zero attached hydrogens (tertiary/aromatic N) is 3. The van der Waals surface area contributed by atoms with Crippen molar-refractivity contribution in [1.82, 2.24) is 14.6 Å². The molecule has 0 aliphatic heterocycles. The van der Waals surface area contributed by atoms with E-state index in [0.717, 1.165) is 22.6 Å². The molecule has 0 saturated heterocycles. The average molecular weight is 442 g/mol. The Morgan fingerprint density at radius 3 is 2.80 bits per heavy atom. The van der Waals surface area contributed by atoms with Crippen molar-refractivity contribution in [2.45, 2.75) is 32.6 Å². The number of hydrogen-bond acceptors (Lipinski definition) is 7. The highest BCUT2D eigenvalue weighted by Gasteiger charge is 2.13. The number of thiophene rings is 1. The van der Waals surface area contributed by atoms with Crippen LogP contribution < -0.4 is 19.6 Å². The van der Waals surface area contributed by atoms with Crippen molar-refractivity contribution in [1.29, 1.82) is 0 Å². The maximum atomic E-state index is 12.8. The van der Waals surface area contributed by atoms with Crippen LogP contribution in [-0.4, -0.2) is 28.3 Å². The second-order valence-corrected chi connectivity index (χ2v) is 8.80. The first-order valence-electron chi connectivity index (χ1n) is 9.95. The third kappa shape index (κ3) is 4.39. The van der Waals surface area contributed by atoms with E-state index in [1.165, 1.54) is 35.1 Å². The van der Waals surface area contributed by atoms with Gasteiger partial charge in [0.15, 0.2) is 17.3 Å². The minimum Gasteiger partial charge on any atom is -0.493 e. The number of rotatable bonds is 9. The van der Waals surface area contributed by atoms with Crippen LogP contribution in [0.15, 0.2) is 40.5 Å². The van der Waals surface area contributed by atoms with E-state index in [0.29, 0.717) is 27.7 Å². The minimum atomic E-state index is -0.166. The molecule has 0 N–H and O–H groups in total. The summed E-state index contributed by atoms with van der Waals surface area (Å²) in [5, 5.41) is 6.33. The molecule has 0 bridgehead atoms. The molecule has 0 radical (unpaired) electrons.